The Morgan fingerprint density at radius 2 is 2.08 bits per heavy atom. The SMILES string of the molecule is CC1CC(C)(C)OB(c2ccnn2C2CN(C(=O)OC(C)(C)C)C2)O1. The molecule has 2 saturated heterocycles. The van der Waals surface area contributed by atoms with Crippen molar-refractivity contribution in [1.29, 1.82) is 0 Å². The molecule has 1 unspecified atom stereocenters. The molecule has 1 aromatic heterocycles. The van der Waals surface area contributed by atoms with Gasteiger partial charge in [0.25, 0.3) is 0 Å². The van der Waals surface area contributed by atoms with Crippen molar-refractivity contribution >= 4 is 18.8 Å². The van der Waals surface area contributed by atoms with E-state index in [2.05, 4.69) is 25.9 Å². The van der Waals surface area contributed by atoms with E-state index in [0.717, 1.165) is 12.0 Å². The number of amides is 1. The maximum atomic E-state index is 12.1. The molecule has 0 bridgehead atoms. The van der Waals surface area contributed by atoms with Crippen LogP contribution >= 0.6 is 0 Å². The van der Waals surface area contributed by atoms with Crippen molar-refractivity contribution in [2.24, 2.45) is 0 Å². The van der Waals surface area contributed by atoms with Crippen molar-refractivity contribution in [3.63, 3.8) is 0 Å². The van der Waals surface area contributed by atoms with Gasteiger partial charge in [-0.3, -0.25) is 4.68 Å². The molecule has 1 amide bonds. The van der Waals surface area contributed by atoms with E-state index in [-0.39, 0.29) is 23.8 Å². The summed E-state index contributed by atoms with van der Waals surface area (Å²) in [6.07, 6.45) is 2.45. The Kier molecular flexibility index (Phi) is 4.62. The van der Waals surface area contributed by atoms with E-state index in [0.29, 0.717) is 13.1 Å². The molecule has 7 nitrogen and oxygen atoms in total. The standard InChI is InChI=1S/C17H28BN3O4/c1-12-9-17(5,6)25-18(24-12)14-7-8-19-21(14)13-10-20(11-13)15(22)23-16(2,3)4/h7-8,12-13H,9-11H2,1-6H3. The third kappa shape index (κ3) is 4.18. The van der Waals surface area contributed by atoms with E-state index in [1.807, 2.05) is 31.5 Å². The number of ether oxygens (including phenoxy) is 1. The normalized spacial score (nSPS) is 24.2. The smallest absolute Gasteiger partial charge is 0.444 e. The summed E-state index contributed by atoms with van der Waals surface area (Å²) < 4.78 is 19.4. The first-order valence-corrected chi connectivity index (χ1v) is 8.89. The van der Waals surface area contributed by atoms with Crippen LogP contribution in [0.2, 0.25) is 0 Å². The lowest BCUT2D eigenvalue weighted by molar-refractivity contribution is -0.0242. The average molecular weight is 349 g/mol. The Morgan fingerprint density at radius 3 is 2.68 bits per heavy atom. The quantitative estimate of drug-likeness (QED) is 0.764. The first-order valence-electron chi connectivity index (χ1n) is 8.89. The summed E-state index contributed by atoms with van der Waals surface area (Å²) in [5.74, 6) is 0. The number of hydrogen-bond acceptors (Lipinski definition) is 5. The van der Waals surface area contributed by atoms with Crippen LogP contribution in [0.25, 0.3) is 0 Å². The van der Waals surface area contributed by atoms with Gasteiger partial charge in [-0.1, -0.05) is 0 Å². The highest BCUT2D eigenvalue weighted by Gasteiger charge is 2.43. The van der Waals surface area contributed by atoms with Gasteiger partial charge in [0.05, 0.1) is 17.2 Å². The van der Waals surface area contributed by atoms with E-state index < -0.39 is 12.7 Å². The fourth-order valence-corrected chi connectivity index (χ4v) is 3.35. The first-order chi connectivity index (χ1) is 11.5. The molecule has 25 heavy (non-hydrogen) atoms. The number of carbonyl (C=O) groups excluding carboxylic acids is 1. The molecule has 0 saturated carbocycles. The Labute approximate surface area is 149 Å². The van der Waals surface area contributed by atoms with Gasteiger partial charge >= 0.3 is 13.2 Å². The molecule has 2 aliphatic rings. The van der Waals surface area contributed by atoms with Gasteiger partial charge in [0.15, 0.2) is 0 Å². The predicted octanol–water partition coefficient (Wildman–Crippen LogP) is 1.97. The van der Waals surface area contributed by atoms with Crippen molar-refractivity contribution in [3.05, 3.63) is 12.3 Å². The minimum atomic E-state index is -0.482. The van der Waals surface area contributed by atoms with Gasteiger partial charge in [-0.25, -0.2) is 4.79 Å². The summed E-state index contributed by atoms with van der Waals surface area (Å²) in [5.41, 5.74) is 0.179. The highest BCUT2D eigenvalue weighted by molar-refractivity contribution is 6.60. The van der Waals surface area contributed by atoms with Crippen LogP contribution in [0.4, 0.5) is 4.79 Å². The van der Waals surface area contributed by atoms with E-state index in [4.69, 9.17) is 14.0 Å². The minimum absolute atomic E-state index is 0.116. The second-order valence-corrected chi connectivity index (χ2v) is 8.60. The number of likely N-dealkylation sites (tertiary alicyclic amines) is 1. The lowest BCUT2D eigenvalue weighted by atomic mass is 9.78. The summed E-state index contributed by atoms with van der Waals surface area (Å²) in [7, 11) is -0.433. The second-order valence-electron chi connectivity index (χ2n) is 8.60. The Bertz CT molecular complexity index is 634. The molecule has 1 atom stereocenters. The molecule has 0 radical (unpaired) electrons. The Morgan fingerprint density at radius 1 is 1.40 bits per heavy atom. The fraction of sp³-hybridized carbons (Fsp3) is 0.765. The zero-order chi connectivity index (χ0) is 18.4. The van der Waals surface area contributed by atoms with Crippen molar-refractivity contribution in [2.75, 3.05) is 13.1 Å². The summed E-state index contributed by atoms with van der Waals surface area (Å²) in [5, 5.41) is 4.43. The highest BCUT2D eigenvalue weighted by atomic mass is 16.6. The number of nitrogens with zero attached hydrogens (tertiary/aromatic N) is 3. The molecule has 0 spiro atoms. The molecule has 138 valence electrons. The lowest BCUT2D eigenvalue weighted by Crippen LogP contribution is -2.58. The summed E-state index contributed by atoms with van der Waals surface area (Å²) in [6.45, 7) is 13.0. The van der Waals surface area contributed by atoms with Crippen LogP contribution in [0.15, 0.2) is 12.3 Å². The largest absolute Gasteiger partial charge is 0.513 e. The lowest BCUT2D eigenvalue weighted by Gasteiger charge is -2.42. The average Bonchev–Trinajstić information content (AvgIpc) is 2.81. The zero-order valence-corrected chi connectivity index (χ0v) is 16.0. The van der Waals surface area contributed by atoms with Crippen LogP contribution in [0.5, 0.6) is 0 Å². The Balaban J connectivity index is 1.65. The van der Waals surface area contributed by atoms with Gasteiger partial charge < -0.3 is 18.9 Å². The minimum Gasteiger partial charge on any atom is -0.444 e. The van der Waals surface area contributed by atoms with Crippen LogP contribution in [-0.4, -0.2) is 58.3 Å². The third-order valence-electron chi connectivity index (χ3n) is 4.36. The van der Waals surface area contributed by atoms with Crippen LogP contribution in [0, 0.1) is 0 Å². The van der Waals surface area contributed by atoms with Gasteiger partial charge in [-0.05, 0) is 54.0 Å². The monoisotopic (exact) mass is 349 g/mol. The van der Waals surface area contributed by atoms with E-state index in [1.54, 1.807) is 11.1 Å². The molecular formula is C17H28BN3O4. The molecule has 8 heteroatoms. The first kappa shape index (κ1) is 18.3. The number of aromatic nitrogens is 2. The Hall–Kier alpha value is -1.54. The number of carbonyl (C=O) groups is 1. The van der Waals surface area contributed by atoms with Gasteiger partial charge in [-0.15, -0.1) is 0 Å². The van der Waals surface area contributed by atoms with Crippen molar-refractivity contribution in [3.8, 4) is 0 Å². The van der Waals surface area contributed by atoms with Gasteiger partial charge in [0, 0.05) is 25.4 Å². The van der Waals surface area contributed by atoms with E-state index in [1.165, 1.54) is 0 Å². The summed E-state index contributed by atoms with van der Waals surface area (Å²) in [6, 6.07) is 2.04. The summed E-state index contributed by atoms with van der Waals surface area (Å²) >= 11 is 0. The molecule has 0 aromatic carbocycles. The zero-order valence-electron chi connectivity index (χ0n) is 16.0. The predicted molar refractivity (Wildman–Crippen MR) is 94.8 cm³/mol. The molecule has 0 aliphatic carbocycles. The fourth-order valence-electron chi connectivity index (χ4n) is 3.35. The number of rotatable bonds is 2. The van der Waals surface area contributed by atoms with E-state index in [9.17, 15) is 4.79 Å². The molecule has 1 aromatic rings. The molecule has 3 rings (SSSR count). The highest BCUT2D eigenvalue weighted by Crippen LogP contribution is 2.27. The van der Waals surface area contributed by atoms with Gasteiger partial charge in [0.1, 0.15) is 5.60 Å². The van der Waals surface area contributed by atoms with Gasteiger partial charge in [-0.2, -0.15) is 5.10 Å². The number of hydrogen-bond donors (Lipinski definition) is 0. The second kappa shape index (κ2) is 6.32. The molecule has 3 heterocycles. The van der Waals surface area contributed by atoms with Crippen molar-refractivity contribution in [1.82, 2.24) is 14.7 Å². The van der Waals surface area contributed by atoms with E-state index >= 15 is 0 Å². The van der Waals surface area contributed by atoms with Crippen LogP contribution < -0.4 is 5.59 Å². The molecule has 2 aliphatic heterocycles. The van der Waals surface area contributed by atoms with Crippen LogP contribution in [0.3, 0.4) is 0 Å². The topological polar surface area (TPSA) is 65.8 Å². The third-order valence-corrected chi connectivity index (χ3v) is 4.36. The molecular weight excluding hydrogens is 321 g/mol. The maximum Gasteiger partial charge on any atom is 0.513 e. The van der Waals surface area contributed by atoms with Crippen molar-refractivity contribution in [2.45, 2.75) is 71.3 Å². The molecule has 2 fully saturated rings. The van der Waals surface area contributed by atoms with Crippen LogP contribution in [-0.2, 0) is 14.0 Å². The maximum absolute atomic E-state index is 12.1. The van der Waals surface area contributed by atoms with Crippen LogP contribution in [0.1, 0.15) is 54.0 Å². The van der Waals surface area contributed by atoms with Gasteiger partial charge in [0.2, 0.25) is 0 Å². The summed E-state index contributed by atoms with van der Waals surface area (Å²) in [4.78, 5) is 13.8. The molecule has 0 N–H and O–H groups in total. The van der Waals surface area contributed by atoms with Crippen molar-refractivity contribution < 1.29 is 18.8 Å².